The van der Waals surface area contributed by atoms with Gasteiger partial charge in [-0.25, -0.2) is 0 Å². The molecule has 1 aromatic rings. The molecule has 1 aromatic heterocycles. The zero-order chi connectivity index (χ0) is 12.3. The van der Waals surface area contributed by atoms with Crippen molar-refractivity contribution in [1.29, 1.82) is 0 Å². The number of carbonyl (C=O) groups excluding carboxylic acids is 1. The summed E-state index contributed by atoms with van der Waals surface area (Å²) in [5, 5.41) is 9.23. The van der Waals surface area contributed by atoms with E-state index in [0.717, 1.165) is 0 Å². The number of anilines is 1. The monoisotopic (exact) mass is 262 g/mol. The molecular formula is C9H11ClN2O3S. The molecule has 1 heterocycles. The normalized spacial score (nSPS) is 12.2. The Balaban J connectivity index is 2.64. The fourth-order valence-electron chi connectivity index (χ4n) is 1.02. The van der Waals surface area contributed by atoms with Gasteiger partial charge < -0.3 is 15.7 Å². The largest absolute Gasteiger partial charge is 0.480 e. The number of thiophene rings is 1. The topological polar surface area (TPSA) is 83.6 Å². The number of carboxylic acid groups (broad SMARTS) is 1. The smallest absolute Gasteiger partial charge is 0.321 e. The number of carbonyl (C=O) groups is 2. The fraction of sp³-hybridized carbons (Fsp3) is 0.333. The van der Waals surface area contributed by atoms with Crippen molar-refractivity contribution in [3.8, 4) is 0 Å². The van der Waals surface area contributed by atoms with Crippen LogP contribution in [0.25, 0.3) is 0 Å². The van der Waals surface area contributed by atoms with Crippen molar-refractivity contribution < 1.29 is 14.7 Å². The van der Waals surface area contributed by atoms with Gasteiger partial charge in [-0.15, -0.1) is 11.3 Å². The number of carboxylic acids is 1. The summed E-state index contributed by atoms with van der Waals surface area (Å²) in [6.07, 6.45) is -0.235. The zero-order valence-corrected chi connectivity index (χ0v) is 10.1. The quantitative estimate of drug-likeness (QED) is 0.853. The zero-order valence-electron chi connectivity index (χ0n) is 8.51. The number of nitrogens with two attached hydrogens (primary N) is 1. The van der Waals surface area contributed by atoms with E-state index in [-0.39, 0.29) is 12.3 Å². The summed E-state index contributed by atoms with van der Waals surface area (Å²) in [6, 6.07) is 2.19. The molecule has 1 atom stereocenters. The van der Waals surface area contributed by atoms with Crippen LogP contribution in [-0.4, -0.2) is 30.1 Å². The van der Waals surface area contributed by atoms with Gasteiger partial charge in [0, 0.05) is 7.05 Å². The van der Waals surface area contributed by atoms with E-state index in [2.05, 4.69) is 0 Å². The van der Waals surface area contributed by atoms with Crippen LogP contribution >= 0.6 is 22.9 Å². The standard InChI is InChI=1S/C9H11ClN2O3S/c1-12(8-3-2-6(10)16-8)7(13)4-5(11)9(14)15/h2-3,5H,4,11H2,1H3,(H,14,15). The lowest BCUT2D eigenvalue weighted by atomic mass is 10.2. The van der Waals surface area contributed by atoms with E-state index in [1.807, 2.05) is 0 Å². The second-order valence-corrected chi connectivity index (χ2v) is 4.87. The van der Waals surface area contributed by atoms with Gasteiger partial charge in [-0.05, 0) is 12.1 Å². The Kier molecular flexibility index (Phi) is 4.28. The SMILES string of the molecule is CN(C(=O)CC(N)C(=O)O)c1ccc(Cl)s1. The van der Waals surface area contributed by atoms with Gasteiger partial charge in [0.15, 0.2) is 0 Å². The van der Waals surface area contributed by atoms with Crippen molar-refractivity contribution in [2.45, 2.75) is 12.5 Å². The summed E-state index contributed by atoms with van der Waals surface area (Å²) in [5.74, 6) is -1.54. The summed E-state index contributed by atoms with van der Waals surface area (Å²) >= 11 is 6.97. The van der Waals surface area contributed by atoms with Gasteiger partial charge in [-0.2, -0.15) is 0 Å². The molecule has 0 aromatic carbocycles. The van der Waals surface area contributed by atoms with E-state index in [1.54, 1.807) is 19.2 Å². The second kappa shape index (κ2) is 5.29. The van der Waals surface area contributed by atoms with Gasteiger partial charge >= 0.3 is 5.97 Å². The molecule has 0 radical (unpaired) electrons. The summed E-state index contributed by atoms with van der Waals surface area (Å²) in [7, 11) is 1.55. The van der Waals surface area contributed by atoms with Crippen LogP contribution in [0.3, 0.4) is 0 Å². The third kappa shape index (κ3) is 3.19. The first-order chi connectivity index (χ1) is 7.41. The first kappa shape index (κ1) is 13.0. The van der Waals surface area contributed by atoms with Gasteiger partial charge in [-0.1, -0.05) is 11.6 Å². The highest BCUT2D eigenvalue weighted by Crippen LogP contribution is 2.29. The Morgan fingerprint density at radius 1 is 1.62 bits per heavy atom. The molecule has 0 aliphatic rings. The van der Waals surface area contributed by atoms with Crippen molar-refractivity contribution in [1.82, 2.24) is 0 Å². The van der Waals surface area contributed by atoms with Gasteiger partial charge in [-0.3, -0.25) is 9.59 Å². The third-order valence-electron chi connectivity index (χ3n) is 1.98. The van der Waals surface area contributed by atoms with Crippen LogP contribution in [0.5, 0.6) is 0 Å². The Hall–Kier alpha value is -1.11. The molecule has 0 aliphatic heterocycles. The number of nitrogens with zero attached hydrogens (tertiary/aromatic N) is 1. The predicted molar refractivity (Wildman–Crippen MR) is 63.0 cm³/mol. The maximum Gasteiger partial charge on any atom is 0.321 e. The van der Waals surface area contributed by atoms with Crippen LogP contribution in [0.1, 0.15) is 6.42 Å². The Morgan fingerprint density at radius 2 is 2.25 bits per heavy atom. The van der Waals surface area contributed by atoms with E-state index >= 15 is 0 Å². The van der Waals surface area contributed by atoms with E-state index in [1.165, 1.54) is 16.2 Å². The molecule has 16 heavy (non-hydrogen) atoms. The molecule has 0 aliphatic carbocycles. The maximum absolute atomic E-state index is 11.6. The number of hydrogen-bond acceptors (Lipinski definition) is 4. The lowest BCUT2D eigenvalue weighted by Crippen LogP contribution is -2.37. The number of hydrogen-bond donors (Lipinski definition) is 2. The maximum atomic E-state index is 11.6. The average Bonchev–Trinajstić information content (AvgIpc) is 2.63. The van der Waals surface area contributed by atoms with Crippen molar-refractivity contribution in [3.63, 3.8) is 0 Å². The summed E-state index contributed by atoms with van der Waals surface area (Å²) in [6.45, 7) is 0. The molecule has 7 heteroatoms. The molecule has 0 bridgehead atoms. The summed E-state index contributed by atoms with van der Waals surface area (Å²) in [4.78, 5) is 23.4. The molecule has 1 rings (SSSR count). The molecule has 5 nitrogen and oxygen atoms in total. The fourth-order valence-corrected chi connectivity index (χ4v) is 2.03. The van der Waals surface area contributed by atoms with Crippen LogP contribution in [0.2, 0.25) is 4.34 Å². The van der Waals surface area contributed by atoms with Gasteiger partial charge in [0.25, 0.3) is 0 Å². The summed E-state index contributed by atoms with van der Waals surface area (Å²) in [5.41, 5.74) is 5.27. The highest BCUT2D eigenvalue weighted by molar-refractivity contribution is 7.20. The van der Waals surface area contributed by atoms with Crippen LogP contribution in [0, 0.1) is 0 Å². The lowest BCUT2D eigenvalue weighted by Gasteiger charge is -2.16. The number of rotatable bonds is 4. The van der Waals surface area contributed by atoms with Crippen molar-refractivity contribution in [2.75, 3.05) is 11.9 Å². The first-order valence-corrected chi connectivity index (χ1v) is 5.61. The van der Waals surface area contributed by atoms with Crippen LogP contribution in [0.4, 0.5) is 5.00 Å². The summed E-state index contributed by atoms with van der Waals surface area (Å²) < 4.78 is 0.567. The second-order valence-electron chi connectivity index (χ2n) is 3.18. The molecule has 0 spiro atoms. The number of aliphatic carboxylic acids is 1. The molecule has 0 saturated heterocycles. The Morgan fingerprint density at radius 3 is 2.69 bits per heavy atom. The van der Waals surface area contributed by atoms with Gasteiger partial charge in [0.1, 0.15) is 6.04 Å². The molecule has 0 fully saturated rings. The van der Waals surface area contributed by atoms with Gasteiger partial charge in [0.2, 0.25) is 5.91 Å². The molecule has 0 saturated carbocycles. The molecule has 3 N–H and O–H groups in total. The highest BCUT2D eigenvalue weighted by atomic mass is 35.5. The van der Waals surface area contributed by atoms with Crippen molar-refractivity contribution in [3.05, 3.63) is 16.5 Å². The van der Waals surface area contributed by atoms with Crippen molar-refractivity contribution >= 4 is 39.8 Å². The third-order valence-corrected chi connectivity index (χ3v) is 3.28. The van der Waals surface area contributed by atoms with E-state index in [0.29, 0.717) is 9.34 Å². The minimum atomic E-state index is -1.19. The number of amides is 1. The predicted octanol–water partition coefficient (Wildman–Crippen LogP) is 1.17. The van der Waals surface area contributed by atoms with Crippen molar-refractivity contribution in [2.24, 2.45) is 5.73 Å². The highest BCUT2D eigenvalue weighted by Gasteiger charge is 2.20. The average molecular weight is 263 g/mol. The first-order valence-electron chi connectivity index (χ1n) is 4.42. The van der Waals surface area contributed by atoms with Crippen LogP contribution < -0.4 is 10.6 Å². The molecule has 88 valence electrons. The van der Waals surface area contributed by atoms with E-state index in [9.17, 15) is 9.59 Å². The molecule has 1 amide bonds. The molecule has 1 unspecified atom stereocenters. The van der Waals surface area contributed by atoms with E-state index < -0.39 is 12.0 Å². The Labute approximate surface area is 101 Å². The van der Waals surface area contributed by atoms with Crippen LogP contribution in [-0.2, 0) is 9.59 Å². The van der Waals surface area contributed by atoms with Crippen LogP contribution in [0.15, 0.2) is 12.1 Å². The number of halogens is 1. The molecular weight excluding hydrogens is 252 g/mol. The van der Waals surface area contributed by atoms with E-state index in [4.69, 9.17) is 22.4 Å². The minimum Gasteiger partial charge on any atom is -0.480 e. The lowest BCUT2D eigenvalue weighted by molar-refractivity contribution is -0.140. The van der Waals surface area contributed by atoms with Gasteiger partial charge in [0.05, 0.1) is 15.8 Å². The Bertz CT molecular complexity index is 407. The minimum absolute atomic E-state index is 0.235.